The van der Waals surface area contributed by atoms with Gasteiger partial charge in [0.15, 0.2) is 16.4 Å². The second-order valence-corrected chi connectivity index (χ2v) is 9.30. The summed E-state index contributed by atoms with van der Waals surface area (Å²) in [6.45, 7) is 6.75. The van der Waals surface area contributed by atoms with Crippen molar-refractivity contribution in [3.8, 4) is 0 Å². The zero-order valence-electron chi connectivity index (χ0n) is 15.8. The first kappa shape index (κ1) is 20.1. The van der Waals surface area contributed by atoms with E-state index in [4.69, 9.17) is 14.1 Å². The number of amides is 1. The smallest absolute Gasteiger partial charge is 0.411 e. The Morgan fingerprint density at radius 1 is 1.39 bits per heavy atom. The molecule has 2 heterocycles. The van der Waals surface area contributed by atoms with Gasteiger partial charge in [0.1, 0.15) is 17.0 Å². The highest BCUT2D eigenvalue weighted by Crippen LogP contribution is 2.30. The average Bonchev–Trinajstić information content (AvgIpc) is 3.10. The van der Waals surface area contributed by atoms with Crippen molar-refractivity contribution < 1.29 is 31.7 Å². The topological polar surface area (TPSA) is 120 Å². The molecular weight excluding hydrogens is 393 g/mol. The maximum absolute atomic E-state index is 14.2. The second-order valence-electron chi connectivity index (χ2n) is 7.31. The van der Waals surface area contributed by atoms with E-state index in [1.54, 1.807) is 27.7 Å². The number of oxime groups is 1. The number of sulfone groups is 1. The number of benzene rings is 1. The Balaban J connectivity index is 1.88. The van der Waals surface area contributed by atoms with Gasteiger partial charge in [-0.15, -0.1) is 0 Å². The molecule has 28 heavy (non-hydrogen) atoms. The van der Waals surface area contributed by atoms with E-state index in [2.05, 4.69) is 15.6 Å². The van der Waals surface area contributed by atoms with Crippen molar-refractivity contribution in [2.75, 3.05) is 5.32 Å². The summed E-state index contributed by atoms with van der Waals surface area (Å²) >= 11 is 0. The molecule has 0 fully saturated rings. The van der Waals surface area contributed by atoms with Gasteiger partial charge in [0.05, 0.1) is 11.8 Å². The number of nitrogens with one attached hydrogen (secondary N) is 1. The Labute approximate surface area is 160 Å². The number of rotatable bonds is 4. The molecule has 9 nitrogen and oxygen atoms in total. The number of fused-ring (bicyclic) bond motifs is 1. The van der Waals surface area contributed by atoms with E-state index in [0.29, 0.717) is 0 Å². The van der Waals surface area contributed by atoms with Gasteiger partial charge in [-0.1, -0.05) is 10.3 Å². The predicted octanol–water partition coefficient (Wildman–Crippen LogP) is 3.35. The summed E-state index contributed by atoms with van der Waals surface area (Å²) in [5, 5.41) is 9.84. The van der Waals surface area contributed by atoms with Crippen molar-refractivity contribution in [1.29, 1.82) is 0 Å². The molecule has 0 saturated heterocycles. The van der Waals surface area contributed by atoms with Crippen molar-refractivity contribution in [3.05, 3.63) is 23.6 Å². The van der Waals surface area contributed by atoms with E-state index in [1.165, 1.54) is 6.07 Å². The molecule has 1 N–H and O–H groups in total. The maximum atomic E-state index is 14.2. The Kier molecular flexibility index (Phi) is 5.04. The van der Waals surface area contributed by atoms with E-state index < -0.39 is 33.1 Å². The summed E-state index contributed by atoms with van der Waals surface area (Å²) in [6, 6.07) is 2.27. The minimum Gasteiger partial charge on any atom is -0.447 e. The van der Waals surface area contributed by atoms with E-state index in [1.807, 2.05) is 0 Å². The summed E-state index contributed by atoms with van der Waals surface area (Å²) in [4.78, 5) is 16.8. The van der Waals surface area contributed by atoms with Gasteiger partial charge in [-0.05, 0) is 33.8 Å². The molecule has 1 aromatic heterocycles. The van der Waals surface area contributed by atoms with E-state index in [9.17, 15) is 17.6 Å². The van der Waals surface area contributed by atoms with Crippen LogP contribution in [0, 0.1) is 5.82 Å². The van der Waals surface area contributed by atoms with Crippen LogP contribution in [0.4, 0.5) is 14.9 Å². The van der Waals surface area contributed by atoms with E-state index in [-0.39, 0.29) is 39.9 Å². The normalized spacial score (nSPS) is 16.1. The molecule has 152 valence electrons. The first-order chi connectivity index (χ1) is 13.0. The van der Waals surface area contributed by atoms with Crippen molar-refractivity contribution in [3.63, 3.8) is 0 Å². The molecule has 0 spiro atoms. The fourth-order valence-electron chi connectivity index (χ4n) is 2.60. The Bertz CT molecular complexity index is 1060. The van der Waals surface area contributed by atoms with Crippen molar-refractivity contribution in [2.45, 2.75) is 51.6 Å². The number of hydrogen-bond acceptors (Lipinski definition) is 8. The lowest BCUT2D eigenvalue weighted by molar-refractivity contribution is 0.0123. The van der Waals surface area contributed by atoms with Crippen molar-refractivity contribution in [1.82, 2.24) is 5.16 Å². The molecule has 0 saturated carbocycles. The van der Waals surface area contributed by atoms with Crippen LogP contribution in [0.1, 0.15) is 39.8 Å². The number of ether oxygens (including phenoxy) is 1. The molecule has 0 bridgehead atoms. The van der Waals surface area contributed by atoms with Gasteiger partial charge >= 0.3 is 6.09 Å². The molecule has 0 aliphatic carbocycles. The molecule has 1 aliphatic heterocycles. The van der Waals surface area contributed by atoms with Crippen LogP contribution < -0.4 is 5.32 Å². The summed E-state index contributed by atoms with van der Waals surface area (Å²) in [5.41, 5.74) is -0.758. The van der Waals surface area contributed by atoms with Crippen LogP contribution in [0.25, 0.3) is 11.0 Å². The minimum atomic E-state index is -3.81. The number of nitrogens with zero attached hydrogens (tertiary/aromatic N) is 2. The first-order valence-electron chi connectivity index (χ1n) is 8.50. The predicted molar refractivity (Wildman–Crippen MR) is 99.0 cm³/mol. The van der Waals surface area contributed by atoms with Gasteiger partial charge in [0, 0.05) is 17.9 Å². The van der Waals surface area contributed by atoms with Crippen LogP contribution in [0.2, 0.25) is 0 Å². The zero-order valence-corrected chi connectivity index (χ0v) is 16.6. The Hall–Kier alpha value is -2.69. The molecule has 11 heteroatoms. The summed E-state index contributed by atoms with van der Waals surface area (Å²) in [5.74, 6) is -1.27. The minimum absolute atomic E-state index is 0.0513. The molecule has 1 aromatic carbocycles. The van der Waals surface area contributed by atoms with E-state index >= 15 is 0 Å². The fourth-order valence-corrected chi connectivity index (χ4v) is 4.05. The van der Waals surface area contributed by atoms with Gasteiger partial charge in [-0.3, -0.25) is 5.32 Å². The number of aromatic nitrogens is 1. The Morgan fingerprint density at radius 3 is 2.71 bits per heavy atom. The average molecular weight is 413 g/mol. The largest absolute Gasteiger partial charge is 0.447 e. The highest BCUT2D eigenvalue weighted by molar-refractivity contribution is 8.05. The van der Waals surface area contributed by atoms with Gasteiger partial charge in [0.2, 0.25) is 9.84 Å². The maximum Gasteiger partial charge on any atom is 0.411 e. The third-order valence-electron chi connectivity index (χ3n) is 3.87. The van der Waals surface area contributed by atoms with Gasteiger partial charge in [-0.2, -0.15) is 0 Å². The number of carbonyl (C=O) groups is 1. The lowest BCUT2D eigenvalue weighted by Gasteiger charge is -2.13. The van der Waals surface area contributed by atoms with Crippen LogP contribution in [-0.2, 0) is 25.2 Å². The lowest BCUT2D eigenvalue weighted by atomic mass is 10.1. The number of anilines is 1. The van der Waals surface area contributed by atoms with Crippen molar-refractivity contribution >= 4 is 37.6 Å². The standard InChI is InChI=1S/C17H20FN3O6S/c1-9(2)25-16(22)19-12-5-10-13(20-26-14(10)6-11(12)18)8-28(23,24)15-7-17(3,4)27-21-15/h5-6,9H,7-8H2,1-4H3,(H,19,22). The monoisotopic (exact) mass is 413 g/mol. The first-order valence-corrected chi connectivity index (χ1v) is 10.2. The van der Waals surface area contributed by atoms with Crippen LogP contribution in [0.3, 0.4) is 0 Å². The highest BCUT2D eigenvalue weighted by atomic mass is 32.2. The fraction of sp³-hybridized carbons (Fsp3) is 0.471. The van der Waals surface area contributed by atoms with Crippen molar-refractivity contribution in [2.24, 2.45) is 5.16 Å². The molecular formula is C17H20FN3O6S. The summed E-state index contributed by atoms with van der Waals surface area (Å²) in [6.07, 6.45) is -1.09. The molecule has 0 atom stereocenters. The number of carbonyl (C=O) groups excluding carboxylic acids is 1. The Morgan fingerprint density at radius 2 is 2.11 bits per heavy atom. The molecule has 0 radical (unpaired) electrons. The molecule has 2 aromatic rings. The van der Waals surface area contributed by atoms with E-state index in [0.717, 1.165) is 6.07 Å². The second kappa shape index (κ2) is 7.04. The molecule has 1 aliphatic rings. The van der Waals surface area contributed by atoms with Gasteiger partial charge in [-0.25, -0.2) is 17.6 Å². The molecule has 0 unspecified atom stereocenters. The SMILES string of the molecule is CC(C)OC(=O)Nc1cc2c(CS(=O)(=O)C3=NOC(C)(C)C3)noc2cc1F. The van der Waals surface area contributed by atoms with Gasteiger partial charge in [0.25, 0.3) is 0 Å². The zero-order chi connectivity index (χ0) is 20.7. The third-order valence-corrected chi connectivity index (χ3v) is 5.46. The third kappa shape index (κ3) is 4.24. The number of halogens is 1. The molecule has 3 rings (SSSR count). The summed E-state index contributed by atoms with van der Waals surface area (Å²) < 4.78 is 49.4. The number of hydrogen-bond donors (Lipinski definition) is 1. The quantitative estimate of drug-likeness (QED) is 0.816. The molecule has 1 amide bonds. The van der Waals surface area contributed by atoms with Crippen LogP contribution >= 0.6 is 0 Å². The van der Waals surface area contributed by atoms with Gasteiger partial charge < -0.3 is 14.1 Å². The highest BCUT2D eigenvalue weighted by Gasteiger charge is 2.36. The lowest BCUT2D eigenvalue weighted by Crippen LogP contribution is -2.23. The van der Waals surface area contributed by atoms with Crippen LogP contribution in [0.5, 0.6) is 0 Å². The summed E-state index contributed by atoms with van der Waals surface area (Å²) in [7, 11) is -3.81. The van der Waals surface area contributed by atoms with Crippen LogP contribution in [-0.4, -0.2) is 36.4 Å². The van der Waals surface area contributed by atoms with Crippen LogP contribution in [0.15, 0.2) is 21.8 Å².